The fraction of sp³-hybridized carbons (Fsp3) is 0.429. The van der Waals surface area contributed by atoms with Crippen LogP contribution in [0.3, 0.4) is 0 Å². The Balaban J connectivity index is 1.72. The van der Waals surface area contributed by atoms with Crippen LogP contribution >= 0.6 is 0 Å². The number of quaternary nitrogens is 1. The Hall–Kier alpha value is -3.00. The first-order valence-electron chi connectivity index (χ1n) is 9.77. The van der Waals surface area contributed by atoms with E-state index in [-0.39, 0.29) is 10.6 Å². The molecule has 0 amide bonds. The molecule has 1 aliphatic rings. The van der Waals surface area contributed by atoms with Crippen LogP contribution in [0.5, 0.6) is 17.2 Å². The smallest absolute Gasteiger partial charge is 0.282 e. The Kier molecular flexibility index (Phi) is 6.77. The molecule has 0 spiro atoms. The summed E-state index contributed by atoms with van der Waals surface area (Å²) < 4.78 is 16.3. The van der Waals surface area contributed by atoms with Crippen LogP contribution < -0.4 is 24.0 Å². The first kappa shape index (κ1) is 20.7. The van der Waals surface area contributed by atoms with E-state index in [1.807, 2.05) is 25.1 Å². The number of nitro benzene ring substituents is 1. The predicted octanol–water partition coefficient (Wildman–Crippen LogP) is 1.92. The molecule has 2 aromatic carbocycles. The molecule has 0 aliphatic carbocycles. The van der Waals surface area contributed by atoms with Crippen molar-refractivity contribution in [3.63, 3.8) is 0 Å². The van der Waals surface area contributed by atoms with Crippen molar-refractivity contribution in [2.75, 3.05) is 51.9 Å². The topological polar surface area (TPSA) is 78.5 Å². The van der Waals surface area contributed by atoms with E-state index in [1.165, 1.54) is 25.2 Å². The van der Waals surface area contributed by atoms with Gasteiger partial charge < -0.3 is 24.0 Å². The minimum absolute atomic E-state index is 0.0688. The van der Waals surface area contributed by atoms with Gasteiger partial charge in [-0.05, 0) is 25.1 Å². The van der Waals surface area contributed by atoms with Crippen molar-refractivity contribution in [3.8, 4) is 17.2 Å². The Bertz CT molecular complexity index is 850. The second-order valence-corrected chi connectivity index (χ2v) is 6.91. The number of anilines is 1. The van der Waals surface area contributed by atoms with E-state index < -0.39 is 0 Å². The highest BCUT2D eigenvalue weighted by Gasteiger charge is 2.27. The molecule has 3 rings (SSSR count). The molecular weight excluding hydrogens is 374 g/mol. The summed E-state index contributed by atoms with van der Waals surface area (Å²) in [5.41, 5.74) is 1.83. The number of hydrogen-bond donors (Lipinski definition) is 1. The molecule has 0 radical (unpaired) electrons. The molecule has 8 heteroatoms. The molecule has 2 aromatic rings. The van der Waals surface area contributed by atoms with E-state index in [4.69, 9.17) is 14.2 Å². The largest absolute Gasteiger partial charge is 0.493 e. The van der Waals surface area contributed by atoms with Crippen LogP contribution in [0.1, 0.15) is 12.5 Å². The molecule has 0 atom stereocenters. The van der Waals surface area contributed by atoms with E-state index in [2.05, 4.69) is 11.0 Å². The third kappa shape index (κ3) is 4.71. The summed E-state index contributed by atoms with van der Waals surface area (Å²) in [7, 11) is 3.01. The molecule has 29 heavy (non-hydrogen) atoms. The van der Waals surface area contributed by atoms with Gasteiger partial charge >= 0.3 is 0 Å². The lowest BCUT2D eigenvalue weighted by Gasteiger charge is -2.34. The molecule has 0 unspecified atom stereocenters. The Morgan fingerprint density at radius 3 is 2.34 bits per heavy atom. The van der Waals surface area contributed by atoms with Crippen molar-refractivity contribution < 1.29 is 24.0 Å². The van der Waals surface area contributed by atoms with Gasteiger partial charge in [-0.2, -0.15) is 0 Å². The maximum atomic E-state index is 11.5. The van der Waals surface area contributed by atoms with Gasteiger partial charge in [0.05, 0.1) is 69.2 Å². The van der Waals surface area contributed by atoms with Crippen LogP contribution in [0.2, 0.25) is 0 Å². The highest BCUT2D eigenvalue weighted by atomic mass is 16.6. The minimum atomic E-state index is -0.356. The molecule has 156 valence electrons. The van der Waals surface area contributed by atoms with Crippen LogP contribution in [-0.2, 0) is 6.54 Å². The zero-order chi connectivity index (χ0) is 20.8. The summed E-state index contributed by atoms with van der Waals surface area (Å²) in [6.45, 7) is 6.66. The first-order valence-corrected chi connectivity index (χ1v) is 9.77. The van der Waals surface area contributed by atoms with Crippen molar-refractivity contribution >= 4 is 11.4 Å². The second-order valence-electron chi connectivity index (χ2n) is 6.91. The van der Waals surface area contributed by atoms with Gasteiger partial charge in [0, 0.05) is 0 Å². The molecule has 0 bridgehead atoms. The molecule has 0 saturated carbocycles. The van der Waals surface area contributed by atoms with Crippen molar-refractivity contribution in [1.82, 2.24) is 0 Å². The summed E-state index contributed by atoms with van der Waals surface area (Å²) in [4.78, 5) is 14.8. The number of piperazine rings is 1. The molecule has 0 aromatic heterocycles. The number of nitro groups is 1. The van der Waals surface area contributed by atoms with Gasteiger partial charge in [-0.25, -0.2) is 0 Å². The van der Waals surface area contributed by atoms with Crippen molar-refractivity contribution in [3.05, 3.63) is 52.1 Å². The summed E-state index contributed by atoms with van der Waals surface area (Å²) in [5, 5.41) is 11.5. The van der Waals surface area contributed by atoms with Crippen LogP contribution in [-0.4, -0.2) is 51.9 Å². The van der Waals surface area contributed by atoms with Gasteiger partial charge in [0.1, 0.15) is 12.3 Å². The molecule has 1 heterocycles. The molecule has 1 saturated heterocycles. The van der Waals surface area contributed by atoms with E-state index in [0.29, 0.717) is 30.2 Å². The second kappa shape index (κ2) is 9.47. The Morgan fingerprint density at radius 2 is 1.72 bits per heavy atom. The minimum Gasteiger partial charge on any atom is -0.493 e. The van der Waals surface area contributed by atoms with Gasteiger partial charge in [-0.15, -0.1) is 0 Å². The number of hydrogen-bond acceptors (Lipinski definition) is 6. The summed E-state index contributed by atoms with van der Waals surface area (Å²) in [6, 6.07) is 11.2. The average Bonchev–Trinajstić information content (AvgIpc) is 2.74. The zero-order valence-corrected chi connectivity index (χ0v) is 17.1. The van der Waals surface area contributed by atoms with Crippen molar-refractivity contribution in [2.24, 2.45) is 0 Å². The van der Waals surface area contributed by atoms with Gasteiger partial charge in [0.2, 0.25) is 0 Å². The van der Waals surface area contributed by atoms with Gasteiger partial charge in [0.15, 0.2) is 11.5 Å². The number of para-hydroxylation sites is 2. The summed E-state index contributed by atoms with van der Waals surface area (Å²) in [5.74, 6) is 1.78. The van der Waals surface area contributed by atoms with Crippen LogP contribution in [0.4, 0.5) is 11.4 Å². The van der Waals surface area contributed by atoms with E-state index in [0.717, 1.165) is 37.6 Å². The van der Waals surface area contributed by atoms with Gasteiger partial charge in [-0.3, -0.25) is 10.1 Å². The molecular formula is C21H28N3O5+. The number of nitrogens with zero attached hydrogens (tertiary/aromatic N) is 2. The highest BCUT2D eigenvalue weighted by Crippen LogP contribution is 2.34. The average molecular weight is 402 g/mol. The number of nitrogens with one attached hydrogen (secondary N) is 1. The lowest BCUT2D eigenvalue weighted by Crippen LogP contribution is -3.13. The standard InChI is InChI=1S/C21H27N3O5/c1-4-29-19-8-6-5-7-17(19)23-11-9-22(10-12-23)15-16-13-20(27-2)21(28-3)14-18(16)24(25)26/h5-8,13-14H,4,9-12,15H2,1-3H3/p+1. The first-order chi connectivity index (χ1) is 14.1. The van der Waals surface area contributed by atoms with Crippen LogP contribution in [0.15, 0.2) is 36.4 Å². The number of benzene rings is 2. The number of ether oxygens (including phenoxy) is 3. The van der Waals surface area contributed by atoms with Crippen LogP contribution in [0.25, 0.3) is 0 Å². The quantitative estimate of drug-likeness (QED) is 0.537. The van der Waals surface area contributed by atoms with Crippen molar-refractivity contribution in [1.29, 1.82) is 0 Å². The molecule has 8 nitrogen and oxygen atoms in total. The fourth-order valence-corrected chi connectivity index (χ4v) is 3.73. The summed E-state index contributed by atoms with van der Waals surface area (Å²) >= 11 is 0. The van der Waals surface area contributed by atoms with E-state index >= 15 is 0 Å². The van der Waals surface area contributed by atoms with Gasteiger partial charge in [0.25, 0.3) is 5.69 Å². The van der Waals surface area contributed by atoms with E-state index in [9.17, 15) is 10.1 Å². The van der Waals surface area contributed by atoms with Crippen molar-refractivity contribution in [2.45, 2.75) is 13.5 Å². The highest BCUT2D eigenvalue weighted by molar-refractivity contribution is 5.58. The maximum absolute atomic E-state index is 11.5. The normalized spacial score (nSPS) is 14.5. The third-order valence-electron chi connectivity index (χ3n) is 5.20. The lowest BCUT2D eigenvalue weighted by atomic mass is 10.1. The monoisotopic (exact) mass is 402 g/mol. The third-order valence-corrected chi connectivity index (χ3v) is 5.20. The zero-order valence-electron chi connectivity index (χ0n) is 17.1. The fourth-order valence-electron chi connectivity index (χ4n) is 3.73. The van der Waals surface area contributed by atoms with E-state index in [1.54, 1.807) is 6.07 Å². The van der Waals surface area contributed by atoms with Gasteiger partial charge in [-0.1, -0.05) is 12.1 Å². The lowest BCUT2D eigenvalue weighted by molar-refractivity contribution is -0.914. The number of methoxy groups -OCH3 is 2. The number of rotatable bonds is 8. The molecule has 1 N–H and O–H groups in total. The predicted molar refractivity (Wildman–Crippen MR) is 110 cm³/mol. The van der Waals surface area contributed by atoms with Crippen LogP contribution in [0, 0.1) is 10.1 Å². The molecule has 1 fully saturated rings. The summed E-state index contributed by atoms with van der Waals surface area (Å²) in [6.07, 6.45) is 0. The Morgan fingerprint density at radius 1 is 1.07 bits per heavy atom. The SMILES string of the molecule is CCOc1ccccc1N1CC[NH+](Cc2cc(OC)c(OC)cc2[N+](=O)[O-])CC1. The maximum Gasteiger partial charge on any atom is 0.282 e. The molecule has 1 aliphatic heterocycles. The Labute approximate surface area is 170 Å².